The Kier molecular flexibility index (Phi) is 4.92. The maximum absolute atomic E-state index is 12.2. The van der Waals surface area contributed by atoms with Gasteiger partial charge in [-0.05, 0) is 31.9 Å². The van der Waals surface area contributed by atoms with Gasteiger partial charge in [-0.2, -0.15) is 4.98 Å². The lowest BCUT2D eigenvalue weighted by atomic mass is 9.66. The number of carboxylic acids is 1. The van der Waals surface area contributed by atoms with Crippen molar-refractivity contribution in [1.82, 2.24) is 15.5 Å². The van der Waals surface area contributed by atoms with E-state index in [1.54, 1.807) is 20.1 Å². The summed E-state index contributed by atoms with van der Waals surface area (Å²) >= 11 is 0. The second-order valence-electron chi connectivity index (χ2n) is 6.59. The fourth-order valence-corrected chi connectivity index (χ4v) is 3.02. The van der Waals surface area contributed by atoms with Crippen LogP contribution >= 0.6 is 0 Å². The van der Waals surface area contributed by atoms with Gasteiger partial charge >= 0.3 is 5.97 Å². The zero-order chi connectivity index (χ0) is 18.7. The van der Waals surface area contributed by atoms with Gasteiger partial charge in [0, 0.05) is 12.0 Å². The van der Waals surface area contributed by atoms with Gasteiger partial charge in [0.05, 0.1) is 12.5 Å². The van der Waals surface area contributed by atoms with E-state index in [2.05, 4.69) is 15.5 Å². The van der Waals surface area contributed by atoms with Gasteiger partial charge in [-0.3, -0.25) is 9.59 Å². The van der Waals surface area contributed by atoms with Crippen molar-refractivity contribution >= 4 is 11.9 Å². The van der Waals surface area contributed by atoms with Crippen LogP contribution in [-0.4, -0.2) is 34.2 Å². The number of benzene rings is 1. The third-order valence-electron chi connectivity index (χ3n) is 4.78. The first kappa shape index (κ1) is 17.9. The molecule has 0 aliphatic heterocycles. The Morgan fingerprint density at radius 3 is 2.81 bits per heavy atom. The van der Waals surface area contributed by atoms with Gasteiger partial charge < -0.3 is 19.7 Å². The zero-order valence-corrected chi connectivity index (χ0v) is 14.7. The summed E-state index contributed by atoms with van der Waals surface area (Å²) in [7, 11) is 1.57. The number of carboxylic acid groups (broad SMARTS) is 1. The lowest BCUT2D eigenvalue weighted by Gasteiger charge is -2.37. The topological polar surface area (TPSA) is 115 Å². The van der Waals surface area contributed by atoms with E-state index in [1.807, 2.05) is 18.2 Å². The smallest absolute Gasteiger partial charge is 0.310 e. The van der Waals surface area contributed by atoms with Gasteiger partial charge in [0.1, 0.15) is 11.8 Å². The SMILES string of the molecule is COc1cccc(-c2noc(C(C)NC(=O)CC3(C(=O)O)CCC3)n2)c1. The average molecular weight is 359 g/mol. The maximum atomic E-state index is 12.2. The third kappa shape index (κ3) is 3.54. The number of aliphatic carboxylic acids is 1. The monoisotopic (exact) mass is 359 g/mol. The van der Waals surface area contributed by atoms with E-state index in [9.17, 15) is 14.7 Å². The van der Waals surface area contributed by atoms with Crippen molar-refractivity contribution in [3.05, 3.63) is 30.2 Å². The molecule has 0 saturated heterocycles. The number of methoxy groups -OCH3 is 1. The Morgan fingerprint density at radius 1 is 1.42 bits per heavy atom. The molecule has 2 N–H and O–H groups in total. The minimum atomic E-state index is -0.926. The van der Waals surface area contributed by atoms with Crippen LogP contribution in [0.5, 0.6) is 5.75 Å². The molecule has 3 rings (SSSR count). The number of aromatic nitrogens is 2. The third-order valence-corrected chi connectivity index (χ3v) is 4.78. The van der Waals surface area contributed by atoms with Gasteiger partial charge in [-0.15, -0.1) is 0 Å². The molecule has 2 aromatic rings. The molecule has 138 valence electrons. The van der Waals surface area contributed by atoms with Gasteiger partial charge in [0.25, 0.3) is 0 Å². The standard InChI is InChI=1S/C18H21N3O5/c1-11(19-14(22)10-18(17(23)24)7-4-8-18)16-20-15(21-26-16)12-5-3-6-13(9-12)25-2/h3,5-6,9,11H,4,7-8,10H2,1-2H3,(H,19,22)(H,23,24). The summed E-state index contributed by atoms with van der Waals surface area (Å²) in [5.41, 5.74) is -0.193. The number of hydrogen-bond acceptors (Lipinski definition) is 6. The number of nitrogens with zero attached hydrogens (tertiary/aromatic N) is 2. The Bertz CT molecular complexity index is 813. The summed E-state index contributed by atoms with van der Waals surface area (Å²) in [6, 6.07) is 6.73. The molecule has 1 heterocycles. The van der Waals surface area contributed by atoms with Crippen molar-refractivity contribution in [3.63, 3.8) is 0 Å². The fraction of sp³-hybridized carbons (Fsp3) is 0.444. The summed E-state index contributed by atoms with van der Waals surface area (Å²) in [5.74, 6) is 0.0789. The molecule has 1 saturated carbocycles. The summed E-state index contributed by atoms with van der Waals surface area (Å²) < 4.78 is 10.4. The number of carbonyl (C=O) groups is 2. The molecule has 0 spiro atoms. The van der Waals surface area contributed by atoms with Gasteiger partial charge in [-0.1, -0.05) is 23.7 Å². The second-order valence-corrected chi connectivity index (χ2v) is 6.59. The van der Waals surface area contributed by atoms with E-state index in [4.69, 9.17) is 9.26 Å². The van der Waals surface area contributed by atoms with Crippen LogP contribution in [0.15, 0.2) is 28.8 Å². The molecule has 1 aromatic carbocycles. The average Bonchev–Trinajstić information content (AvgIpc) is 3.08. The Morgan fingerprint density at radius 2 is 2.19 bits per heavy atom. The Labute approximate surface area is 150 Å². The predicted molar refractivity (Wildman–Crippen MR) is 91.4 cm³/mol. The van der Waals surface area contributed by atoms with Crippen LogP contribution in [-0.2, 0) is 9.59 Å². The Balaban J connectivity index is 1.65. The summed E-state index contributed by atoms with van der Waals surface area (Å²) in [6.07, 6.45) is 1.86. The van der Waals surface area contributed by atoms with Crippen molar-refractivity contribution in [2.24, 2.45) is 5.41 Å². The lowest BCUT2D eigenvalue weighted by molar-refractivity contribution is -0.157. The molecule has 26 heavy (non-hydrogen) atoms. The number of rotatable bonds is 7. The zero-order valence-electron chi connectivity index (χ0n) is 14.7. The predicted octanol–water partition coefficient (Wildman–Crippen LogP) is 2.57. The quantitative estimate of drug-likeness (QED) is 0.780. The summed E-state index contributed by atoms with van der Waals surface area (Å²) in [6.45, 7) is 1.72. The number of carbonyl (C=O) groups excluding carboxylic acids is 1. The first-order valence-electron chi connectivity index (χ1n) is 8.44. The van der Waals surface area contributed by atoms with E-state index in [-0.39, 0.29) is 18.2 Å². The van der Waals surface area contributed by atoms with Crippen LogP contribution in [0, 0.1) is 5.41 Å². The first-order chi connectivity index (χ1) is 12.4. The second kappa shape index (κ2) is 7.15. The molecular formula is C18H21N3O5. The van der Waals surface area contributed by atoms with Crippen LogP contribution in [0.2, 0.25) is 0 Å². The molecule has 1 aliphatic rings. The highest BCUT2D eigenvalue weighted by molar-refractivity contribution is 5.85. The highest BCUT2D eigenvalue weighted by Gasteiger charge is 2.46. The fourth-order valence-electron chi connectivity index (χ4n) is 3.02. The molecular weight excluding hydrogens is 338 g/mol. The van der Waals surface area contributed by atoms with Crippen LogP contribution in [0.1, 0.15) is 44.5 Å². The van der Waals surface area contributed by atoms with Crippen molar-refractivity contribution in [2.45, 2.75) is 38.6 Å². The van der Waals surface area contributed by atoms with E-state index in [0.717, 1.165) is 12.0 Å². The van der Waals surface area contributed by atoms with E-state index in [0.29, 0.717) is 24.4 Å². The van der Waals surface area contributed by atoms with Crippen molar-refractivity contribution in [2.75, 3.05) is 7.11 Å². The van der Waals surface area contributed by atoms with E-state index < -0.39 is 17.4 Å². The van der Waals surface area contributed by atoms with Crippen molar-refractivity contribution in [3.8, 4) is 17.1 Å². The number of hydrogen-bond donors (Lipinski definition) is 2. The summed E-state index contributed by atoms with van der Waals surface area (Å²) in [5, 5.41) is 16.0. The van der Waals surface area contributed by atoms with Gasteiger partial charge in [0.15, 0.2) is 0 Å². The maximum Gasteiger partial charge on any atom is 0.310 e. The van der Waals surface area contributed by atoms with Crippen molar-refractivity contribution in [1.29, 1.82) is 0 Å². The van der Waals surface area contributed by atoms with Crippen LogP contribution in [0.4, 0.5) is 0 Å². The summed E-state index contributed by atoms with van der Waals surface area (Å²) in [4.78, 5) is 27.9. The Hall–Kier alpha value is -2.90. The lowest BCUT2D eigenvalue weighted by Crippen LogP contribution is -2.43. The van der Waals surface area contributed by atoms with E-state index >= 15 is 0 Å². The van der Waals surface area contributed by atoms with E-state index in [1.165, 1.54) is 0 Å². The highest BCUT2D eigenvalue weighted by Crippen LogP contribution is 2.44. The molecule has 1 atom stereocenters. The molecule has 1 unspecified atom stereocenters. The highest BCUT2D eigenvalue weighted by atomic mass is 16.5. The first-order valence-corrected chi connectivity index (χ1v) is 8.44. The molecule has 8 heteroatoms. The van der Waals surface area contributed by atoms with Crippen LogP contribution in [0.25, 0.3) is 11.4 Å². The number of amides is 1. The molecule has 8 nitrogen and oxygen atoms in total. The van der Waals surface area contributed by atoms with Crippen LogP contribution < -0.4 is 10.1 Å². The molecule has 0 bridgehead atoms. The minimum Gasteiger partial charge on any atom is -0.497 e. The number of ether oxygens (including phenoxy) is 1. The minimum absolute atomic E-state index is 0.0381. The molecule has 0 radical (unpaired) electrons. The largest absolute Gasteiger partial charge is 0.497 e. The number of nitrogens with one attached hydrogen (secondary N) is 1. The molecule has 1 fully saturated rings. The normalized spacial score (nSPS) is 16.4. The molecule has 1 amide bonds. The van der Waals surface area contributed by atoms with Crippen molar-refractivity contribution < 1.29 is 24.0 Å². The molecule has 1 aromatic heterocycles. The van der Waals surface area contributed by atoms with Gasteiger partial charge in [0.2, 0.25) is 17.6 Å². The molecule has 1 aliphatic carbocycles. The van der Waals surface area contributed by atoms with Crippen LogP contribution in [0.3, 0.4) is 0 Å². The van der Waals surface area contributed by atoms with Gasteiger partial charge in [-0.25, -0.2) is 0 Å².